The molecule has 1 heteroatoms. The molecule has 19 heavy (non-hydrogen) atoms. The molecule has 0 spiro atoms. The van der Waals surface area contributed by atoms with E-state index >= 15 is 0 Å². The van der Waals surface area contributed by atoms with Crippen LogP contribution in [0, 0.1) is 5.92 Å². The van der Waals surface area contributed by atoms with E-state index < -0.39 is 0 Å². The minimum absolute atomic E-state index is 0.699. The minimum Gasteiger partial charge on any atom is -0.497 e. The third-order valence-electron chi connectivity index (χ3n) is 4.50. The van der Waals surface area contributed by atoms with Gasteiger partial charge in [-0.05, 0) is 66.9 Å². The summed E-state index contributed by atoms with van der Waals surface area (Å²) in [5.74, 6) is 1.68. The summed E-state index contributed by atoms with van der Waals surface area (Å²) in [5.41, 5.74) is 6.20. The molecule has 0 amide bonds. The first kappa shape index (κ1) is 12.5. The quantitative estimate of drug-likeness (QED) is 0.706. The van der Waals surface area contributed by atoms with E-state index in [0.29, 0.717) is 5.92 Å². The monoisotopic (exact) mass is 254 g/mol. The molecule has 1 atom stereocenters. The molecule has 1 nitrogen and oxygen atoms in total. The lowest BCUT2D eigenvalue weighted by atomic mass is 9.79. The lowest BCUT2D eigenvalue weighted by molar-refractivity contribution is 0.414. The van der Waals surface area contributed by atoms with Crippen molar-refractivity contribution >= 4 is 5.57 Å². The predicted octanol–water partition coefficient (Wildman–Crippen LogP) is 4.77. The molecule has 2 aliphatic rings. The van der Waals surface area contributed by atoms with Gasteiger partial charge in [-0.15, -0.1) is 0 Å². The summed E-state index contributed by atoms with van der Waals surface area (Å²) in [7, 11) is 1.75. The second kappa shape index (κ2) is 5.24. The molecule has 1 aromatic rings. The van der Waals surface area contributed by atoms with Crippen molar-refractivity contribution in [1.82, 2.24) is 0 Å². The number of hydrogen-bond acceptors (Lipinski definition) is 1. The third-order valence-corrected chi connectivity index (χ3v) is 4.50. The van der Waals surface area contributed by atoms with Gasteiger partial charge in [0.1, 0.15) is 5.75 Å². The lowest BCUT2D eigenvalue weighted by Gasteiger charge is -2.26. The van der Waals surface area contributed by atoms with Crippen LogP contribution in [0.3, 0.4) is 0 Å². The number of rotatable bonds is 3. The van der Waals surface area contributed by atoms with Crippen molar-refractivity contribution in [1.29, 1.82) is 0 Å². The van der Waals surface area contributed by atoms with E-state index in [-0.39, 0.29) is 0 Å². The van der Waals surface area contributed by atoms with Crippen LogP contribution < -0.4 is 4.74 Å². The lowest BCUT2D eigenvalue weighted by Crippen LogP contribution is -2.10. The molecule has 2 aliphatic carbocycles. The van der Waals surface area contributed by atoms with Crippen LogP contribution in [0.2, 0.25) is 0 Å². The van der Waals surface area contributed by atoms with Crippen LogP contribution >= 0.6 is 0 Å². The van der Waals surface area contributed by atoms with E-state index in [1.54, 1.807) is 18.3 Å². The second-order valence-electron chi connectivity index (χ2n) is 5.49. The summed E-state index contributed by atoms with van der Waals surface area (Å²) in [5, 5.41) is 0. The van der Waals surface area contributed by atoms with Gasteiger partial charge in [-0.1, -0.05) is 30.7 Å². The largest absolute Gasteiger partial charge is 0.497 e. The van der Waals surface area contributed by atoms with Crippen molar-refractivity contribution in [2.45, 2.75) is 39.0 Å². The molecule has 0 fully saturated rings. The van der Waals surface area contributed by atoms with Gasteiger partial charge in [-0.25, -0.2) is 0 Å². The maximum Gasteiger partial charge on any atom is 0.119 e. The van der Waals surface area contributed by atoms with Crippen LogP contribution in [0.15, 0.2) is 35.9 Å². The minimum atomic E-state index is 0.699. The summed E-state index contributed by atoms with van der Waals surface area (Å²) in [6.07, 6.45) is 10.8. The fourth-order valence-electron chi connectivity index (χ4n) is 3.54. The average Bonchev–Trinajstić information content (AvgIpc) is 2.99. The Balaban J connectivity index is 2.04. The molecule has 0 unspecified atom stereocenters. The molecule has 0 aromatic heterocycles. The highest BCUT2D eigenvalue weighted by atomic mass is 16.5. The fourth-order valence-corrected chi connectivity index (χ4v) is 3.54. The molecule has 100 valence electrons. The van der Waals surface area contributed by atoms with Crippen LogP contribution in [0.1, 0.15) is 43.7 Å². The van der Waals surface area contributed by atoms with Gasteiger partial charge in [-0.2, -0.15) is 0 Å². The first-order valence-corrected chi connectivity index (χ1v) is 7.39. The zero-order valence-corrected chi connectivity index (χ0v) is 11.9. The van der Waals surface area contributed by atoms with Crippen molar-refractivity contribution in [3.8, 4) is 5.75 Å². The molecule has 0 radical (unpaired) electrons. The highest BCUT2D eigenvalue weighted by Crippen LogP contribution is 2.41. The third kappa shape index (κ3) is 2.22. The molecule has 1 aromatic carbocycles. The van der Waals surface area contributed by atoms with Gasteiger partial charge in [0, 0.05) is 0 Å². The Labute approximate surface area is 116 Å². The molecule has 3 rings (SSSR count). The molecular formula is C18H22O. The van der Waals surface area contributed by atoms with Crippen LogP contribution in [0.5, 0.6) is 5.75 Å². The number of allylic oxidation sites excluding steroid dienone is 4. The van der Waals surface area contributed by atoms with E-state index in [4.69, 9.17) is 4.74 Å². The zero-order valence-electron chi connectivity index (χ0n) is 11.9. The van der Waals surface area contributed by atoms with E-state index in [2.05, 4.69) is 37.3 Å². The molecule has 0 saturated heterocycles. The van der Waals surface area contributed by atoms with Crippen molar-refractivity contribution in [3.63, 3.8) is 0 Å². The fraction of sp³-hybridized carbons (Fsp3) is 0.444. The van der Waals surface area contributed by atoms with Crippen LogP contribution in [-0.4, -0.2) is 7.11 Å². The Morgan fingerprint density at radius 1 is 1.26 bits per heavy atom. The van der Waals surface area contributed by atoms with E-state index in [9.17, 15) is 0 Å². The summed E-state index contributed by atoms with van der Waals surface area (Å²) >= 11 is 0. The first-order chi connectivity index (χ1) is 9.33. The summed E-state index contributed by atoms with van der Waals surface area (Å²) in [6.45, 7) is 2.29. The van der Waals surface area contributed by atoms with E-state index in [1.807, 2.05) is 0 Å². The van der Waals surface area contributed by atoms with E-state index in [1.165, 1.54) is 30.4 Å². The number of ether oxygens (including phenoxy) is 1. The van der Waals surface area contributed by atoms with Gasteiger partial charge >= 0.3 is 0 Å². The molecule has 0 saturated carbocycles. The Kier molecular flexibility index (Phi) is 3.46. The molecule has 0 bridgehead atoms. The standard InChI is InChI=1S/C18H22O/c1-3-16-17(13-6-4-5-7-13)10-8-14-12-15(19-2)9-11-18(14)16/h4,6,9,11-13H,3,5,7-8,10H2,1-2H3/t13-/m1/s1. The Morgan fingerprint density at radius 2 is 2.16 bits per heavy atom. The van der Waals surface area contributed by atoms with Crippen LogP contribution in [0.4, 0.5) is 0 Å². The SMILES string of the molecule is CCC1=C([C@@H]2C=CCC2)CCc2cc(OC)ccc21. The summed E-state index contributed by atoms with van der Waals surface area (Å²) in [6, 6.07) is 6.57. The Morgan fingerprint density at radius 3 is 2.84 bits per heavy atom. The van der Waals surface area contributed by atoms with Gasteiger partial charge in [0.25, 0.3) is 0 Å². The van der Waals surface area contributed by atoms with Gasteiger partial charge in [0.15, 0.2) is 0 Å². The predicted molar refractivity (Wildman–Crippen MR) is 80.4 cm³/mol. The van der Waals surface area contributed by atoms with Gasteiger partial charge < -0.3 is 4.74 Å². The number of benzene rings is 1. The van der Waals surface area contributed by atoms with Crippen LogP contribution in [0.25, 0.3) is 5.57 Å². The second-order valence-corrected chi connectivity index (χ2v) is 5.49. The molecular weight excluding hydrogens is 232 g/mol. The van der Waals surface area contributed by atoms with Gasteiger partial charge in [0.05, 0.1) is 7.11 Å². The smallest absolute Gasteiger partial charge is 0.119 e. The van der Waals surface area contributed by atoms with Crippen molar-refractivity contribution < 1.29 is 4.74 Å². The number of aryl methyl sites for hydroxylation is 1. The molecule has 0 heterocycles. The highest BCUT2D eigenvalue weighted by molar-refractivity contribution is 5.74. The maximum absolute atomic E-state index is 5.35. The van der Waals surface area contributed by atoms with E-state index in [0.717, 1.165) is 18.6 Å². The number of fused-ring (bicyclic) bond motifs is 1. The van der Waals surface area contributed by atoms with Crippen molar-refractivity contribution in [3.05, 3.63) is 47.1 Å². The highest BCUT2D eigenvalue weighted by Gasteiger charge is 2.23. The normalized spacial score (nSPS) is 21.7. The van der Waals surface area contributed by atoms with Gasteiger partial charge in [-0.3, -0.25) is 0 Å². The first-order valence-electron chi connectivity index (χ1n) is 7.39. The molecule has 0 aliphatic heterocycles. The van der Waals surface area contributed by atoms with Crippen LogP contribution in [-0.2, 0) is 6.42 Å². The maximum atomic E-state index is 5.35. The number of hydrogen-bond donors (Lipinski definition) is 0. The summed E-state index contributed by atoms with van der Waals surface area (Å²) in [4.78, 5) is 0. The molecule has 0 N–H and O–H groups in total. The Hall–Kier alpha value is -1.50. The van der Waals surface area contributed by atoms with Crippen molar-refractivity contribution in [2.24, 2.45) is 5.92 Å². The van der Waals surface area contributed by atoms with Crippen molar-refractivity contribution in [2.75, 3.05) is 7.11 Å². The van der Waals surface area contributed by atoms with Gasteiger partial charge in [0.2, 0.25) is 0 Å². The topological polar surface area (TPSA) is 9.23 Å². The average molecular weight is 254 g/mol. The number of methoxy groups -OCH3 is 1. The Bertz CT molecular complexity index is 537. The summed E-state index contributed by atoms with van der Waals surface area (Å²) < 4.78 is 5.35. The zero-order chi connectivity index (χ0) is 13.2.